The van der Waals surface area contributed by atoms with Crippen LogP contribution in [-0.4, -0.2) is 46.5 Å². The molecule has 0 bridgehead atoms. The highest BCUT2D eigenvalue weighted by Gasteiger charge is 2.15. The van der Waals surface area contributed by atoms with Gasteiger partial charge in [0.25, 0.3) is 0 Å². The Morgan fingerprint density at radius 1 is 1.25 bits per heavy atom. The largest absolute Gasteiger partial charge is 0.508 e. The highest BCUT2D eigenvalue weighted by atomic mass is 16.3. The highest BCUT2D eigenvalue weighted by molar-refractivity contribution is 5.59. The molecule has 1 aromatic carbocycles. The summed E-state index contributed by atoms with van der Waals surface area (Å²) in [6, 6.07) is 5.43. The summed E-state index contributed by atoms with van der Waals surface area (Å²) in [5.41, 5.74) is 1.77. The third-order valence-electron chi connectivity index (χ3n) is 3.57. The minimum atomic E-state index is 0.298. The molecule has 0 atom stereocenters. The number of aromatic amines is 1. The molecule has 6 heteroatoms. The minimum absolute atomic E-state index is 0.298. The van der Waals surface area contributed by atoms with E-state index >= 15 is 0 Å². The van der Waals surface area contributed by atoms with E-state index in [1.54, 1.807) is 6.07 Å². The summed E-state index contributed by atoms with van der Waals surface area (Å²) >= 11 is 0. The molecule has 6 nitrogen and oxygen atoms in total. The van der Waals surface area contributed by atoms with E-state index in [-0.39, 0.29) is 0 Å². The number of benzene rings is 1. The van der Waals surface area contributed by atoms with Gasteiger partial charge in [-0.15, -0.1) is 5.10 Å². The van der Waals surface area contributed by atoms with E-state index in [9.17, 15) is 5.11 Å². The SMILES string of the molecule is Cc1cc(-c2nc(N3CCCNCC3)n[nH]2)ccc1O. The Bertz CT molecular complexity index is 587. The molecule has 106 valence electrons. The summed E-state index contributed by atoms with van der Waals surface area (Å²) in [7, 11) is 0. The van der Waals surface area contributed by atoms with Crippen LogP contribution in [0.15, 0.2) is 18.2 Å². The number of phenolic OH excluding ortho intramolecular Hbond substituents is 1. The zero-order valence-corrected chi connectivity index (χ0v) is 11.6. The van der Waals surface area contributed by atoms with Crippen molar-refractivity contribution in [1.29, 1.82) is 0 Å². The van der Waals surface area contributed by atoms with Crippen molar-refractivity contribution in [3.8, 4) is 17.1 Å². The number of aryl methyl sites for hydroxylation is 1. The van der Waals surface area contributed by atoms with Crippen LogP contribution in [0.4, 0.5) is 5.95 Å². The first-order valence-corrected chi connectivity index (χ1v) is 6.92. The Hall–Kier alpha value is -2.08. The van der Waals surface area contributed by atoms with Crippen LogP contribution < -0.4 is 10.2 Å². The van der Waals surface area contributed by atoms with Gasteiger partial charge in [-0.25, -0.2) is 0 Å². The van der Waals surface area contributed by atoms with E-state index in [1.165, 1.54) is 0 Å². The van der Waals surface area contributed by atoms with Crippen LogP contribution in [0.3, 0.4) is 0 Å². The van der Waals surface area contributed by atoms with Gasteiger partial charge < -0.3 is 15.3 Å². The molecular formula is C14H19N5O. The molecule has 2 heterocycles. The van der Waals surface area contributed by atoms with Crippen molar-refractivity contribution >= 4 is 5.95 Å². The molecule has 0 unspecified atom stereocenters. The maximum absolute atomic E-state index is 9.57. The van der Waals surface area contributed by atoms with E-state index in [2.05, 4.69) is 25.4 Å². The number of rotatable bonds is 2. The predicted molar refractivity (Wildman–Crippen MR) is 77.9 cm³/mol. The van der Waals surface area contributed by atoms with Gasteiger partial charge >= 0.3 is 0 Å². The fourth-order valence-corrected chi connectivity index (χ4v) is 2.37. The van der Waals surface area contributed by atoms with Crippen LogP contribution in [0.2, 0.25) is 0 Å². The van der Waals surface area contributed by atoms with E-state index < -0.39 is 0 Å². The molecule has 0 amide bonds. The average Bonchev–Trinajstić information content (AvgIpc) is 2.78. The number of hydrogen-bond donors (Lipinski definition) is 3. The number of phenols is 1. The third-order valence-corrected chi connectivity index (χ3v) is 3.57. The second kappa shape index (κ2) is 5.50. The van der Waals surface area contributed by atoms with Gasteiger partial charge in [0.05, 0.1) is 0 Å². The first kappa shape index (κ1) is 12.9. The summed E-state index contributed by atoms with van der Waals surface area (Å²) in [5.74, 6) is 1.78. The lowest BCUT2D eigenvalue weighted by molar-refractivity contribution is 0.471. The number of aromatic hydroxyl groups is 1. The Kier molecular flexibility index (Phi) is 3.56. The molecule has 3 rings (SSSR count). The number of aromatic nitrogens is 3. The van der Waals surface area contributed by atoms with E-state index in [0.29, 0.717) is 5.75 Å². The van der Waals surface area contributed by atoms with Crippen molar-refractivity contribution < 1.29 is 5.11 Å². The molecule has 2 aromatic rings. The van der Waals surface area contributed by atoms with Crippen LogP contribution in [0.1, 0.15) is 12.0 Å². The van der Waals surface area contributed by atoms with Crippen LogP contribution in [0.25, 0.3) is 11.4 Å². The first-order valence-electron chi connectivity index (χ1n) is 6.92. The third kappa shape index (κ3) is 2.60. The fourth-order valence-electron chi connectivity index (χ4n) is 2.37. The van der Waals surface area contributed by atoms with Crippen LogP contribution in [-0.2, 0) is 0 Å². The van der Waals surface area contributed by atoms with E-state index in [4.69, 9.17) is 0 Å². The quantitative estimate of drug-likeness (QED) is 0.768. The van der Waals surface area contributed by atoms with Gasteiger partial charge in [0.1, 0.15) is 5.75 Å². The Balaban J connectivity index is 1.83. The van der Waals surface area contributed by atoms with Gasteiger partial charge in [-0.1, -0.05) is 0 Å². The summed E-state index contributed by atoms with van der Waals surface area (Å²) in [6.45, 7) is 5.77. The number of nitrogens with one attached hydrogen (secondary N) is 2. The molecule has 1 aromatic heterocycles. The molecule has 20 heavy (non-hydrogen) atoms. The van der Waals surface area contributed by atoms with Crippen molar-refractivity contribution in [3.05, 3.63) is 23.8 Å². The molecule has 1 aliphatic rings. The zero-order chi connectivity index (χ0) is 13.9. The summed E-state index contributed by atoms with van der Waals surface area (Å²) in [5, 5.41) is 20.2. The monoisotopic (exact) mass is 273 g/mol. The van der Waals surface area contributed by atoms with Gasteiger partial charge in [0.2, 0.25) is 5.95 Å². The van der Waals surface area contributed by atoms with Gasteiger partial charge in [0, 0.05) is 25.2 Å². The lowest BCUT2D eigenvalue weighted by Crippen LogP contribution is -2.28. The lowest BCUT2D eigenvalue weighted by atomic mass is 10.1. The maximum Gasteiger partial charge on any atom is 0.245 e. The van der Waals surface area contributed by atoms with Crippen molar-refractivity contribution in [2.45, 2.75) is 13.3 Å². The summed E-state index contributed by atoms with van der Waals surface area (Å²) in [4.78, 5) is 6.75. The maximum atomic E-state index is 9.57. The minimum Gasteiger partial charge on any atom is -0.508 e. The highest BCUT2D eigenvalue weighted by Crippen LogP contribution is 2.24. The van der Waals surface area contributed by atoms with Crippen LogP contribution >= 0.6 is 0 Å². The standard InChI is InChI=1S/C14H19N5O/c1-10-9-11(3-4-12(10)20)13-16-14(18-17-13)19-7-2-5-15-6-8-19/h3-4,9,15,20H,2,5-8H2,1H3,(H,16,17,18). The van der Waals surface area contributed by atoms with Crippen molar-refractivity contribution in [3.63, 3.8) is 0 Å². The molecule has 1 aliphatic heterocycles. The van der Waals surface area contributed by atoms with Crippen molar-refractivity contribution in [2.24, 2.45) is 0 Å². The molecular weight excluding hydrogens is 254 g/mol. The average molecular weight is 273 g/mol. The molecule has 3 N–H and O–H groups in total. The number of H-pyrrole nitrogens is 1. The van der Waals surface area contributed by atoms with E-state index in [1.807, 2.05) is 19.1 Å². The Morgan fingerprint density at radius 3 is 3.00 bits per heavy atom. The molecule has 0 aliphatic carbocycles. The molecule has 0 saturated carbocycles. The number of anilines is 1. The summed E-state index contributed by atoms with van der Waals surface area (Å²) in [6.07, 6.45) is 1.10. The van der Waals surface area contributed by atoms with Gasteiger partial charge in [-0.2, -0.15) is 4.98 Å². The Morgan fingerprint density at radius 2 is 2.15 bits per heavy atom. The van der Waals surface area contributed by atoms with Crippen molar-refractivity contribution in [2.75, 3.05) is 31.1 Å². The van der Waals surface area contributed by atoms with Crippen LogP contribution in [0.5, 0.6) is 5.75 Å². The van der Waals surface area contributed by atoms with Gasteiger partial charge in [0.15, 0.2) is 5.82 Å². The zero-order valence-electron chi connectivity index (χ0n) is 11.6. The molecule has 1 fully saturated rings. The van der Waals surface area contributed by atoms with Gasteiger partial charge in [-0.3, -0.25) is 5.10 Å². The predicted octanol–water partition coefficient (Wildman–Crippen LogP) is 1.29. The normalized spacial score (nSPS) is 16.1. The molecule has 0 radical (unpaired) electrons. The van der Waals surface area contributed by atoms with Crippen LogP contribution in [0, 0.1) is 6.92 Å². The number of hydrogen-bond acceptors (Lipinski definition) is 5. The summed E-state index contributed by atoms with van der Waals surface area (Å²) < 4.78 is 0. The smallest absolute Gasteiger partial charge is 0.245 e. The number of nitrogens with zero attached hydrogens (tertiary/aromatic N) is 3. The first-order chi connectivity index (χ1) is 9.74. The second-order valence-electron chi connectivity index (χ2n) is 5.08. The van der Waals surface area contributed by atoms with Gasteiger partial charge in [-0.05, 0) is 43.7 Å². The second-order valence-corrected chi connectivity index (χ2v) is 5.08. The molecule has 1 saturated heterocycles. The van der Waals surface area contributed by atoms with Crippen molar-refractivity contribution in [1.82, 2.24) is 20.5 Å². The van der Waals surface area contributed by atoms with E-state index in [0.717, 1.165) is 55.5 Å². The topological polar surface area (TPSA) is 77.1 Å². The Labute approximate surface area is 117 Å². The molecule has 0 spiro atoms. The lowest BCUT2D eigenvalue weighted by Gasteiger charge is -2.16. The fraction of sp³-hybridized carbons (Fsp3) is 0.429.